The van der Waals surface area contributed by atoms with Crippen LogP contribution in [0.2, 0.25) is 5.02 Å². The van der Waals surface area contributed by atoms with Gasteiger partial charge in [-0.3, -0.25) is 14.4 Å². The Morgan fingerprint density at radius 3 is 2.42 bits per heavy atom. The van der Waals surface area contributed by atoms with Crippen molar-refractivity contribution in [1.29, 1.82) is 0 Å². The minimum Gasteiger partial charge on any atom is -0.496 e. The van der Waals surface area contributed by atoms with Crippen LogP contribution in [0.3, 0.4) is 0 Å². The lowest BCUT2D eigenvalue weighted by atomic mass is 9.91. The molecule has 4 N–H and O–H groups in total. The SMILES string of the molecule is CCC1[C@H](CO)ON(Cc2ccc(Cl)c(-c3cc(C(=O)NC(CC(C)C)CN(C)C)cc(N(C)C)c3)c2OC)[C@@H]1C(N)=O. The molecule has 1 aliphatic heterocycles. The number of ether oxygens (including phenoxy) is 1. The molecule has 2 unspecified atom stereocenters. The van der Waals surface area contributed by atoms with Crippen molar-refractivity contribution in [3.63, 3.8) is 0 Å². The fourth-order valence-electron chi connectivity index (χ4n) is 5.88. The van der Waals surface area contributed by atoms with E-state index < -0.39 is 18.1 Å². The van der Waals surface area contributed by atoms with Crippen LogP contribution < -0.4 is 20.7 Å². The van der Waals surface area contributed by atoms with Gasteiger partial charge in [0.2, 0.25) is 5.91 Å². The van der Waals surface area contributed by atoms with Crippen molar-refractivity contribution < 1.29 is 24.3 Å². The summed E-state index contributed by atoms with van der Waals surface area (Å²) in [7, 11) is 9.38. The molecule has 1 fully saturated rings. The number of nitrogens with two attached hydrogens (primary N) is 1. The second-order valence-corrected chi connectivity index (χ2v) is 12.6. The second-order valence-electron chi connectivity index (χ2n) is 12.2. The molecule has 1 heterocycles. The predicted octanol–water partition coefficient (Wildman–Crippen LogP) is 3.78. The van der Waals surface area contributed by atoms with Crippen molar-refractivity contribution in [2.45, 2.75) is 58.3 Å². The van der Waals surface area contributed by atoms with E-state index >= 15 is 0 Å². The lowest BCUT2D eigenvalue weighted by molar-refractivity contribution is -0.180. The maximum Gasteiger partial charge on any atom is 0.251 e. The van der Waals surface area contributed by atoms with Crippen molar-refractivity contribution in [3.05, 3.63) is 46.5 Å². The van der Waals surface area contributed by atoms with Crippen LogP contribution in [0.5, 0.6) is 5.75 Å². The van der Waals surface area contributed by atoms with Crippen molar-refractivity contribution in [3.8, 4) is 16.9 Å². The molecule has 43 heavy (non-hydrogen) atoms. The number of hydrogen-bond acceptors (Lipinski definition) is 8. The van der Waals surface area contributed by atoms with Crippen LogP contribution in [-0.4, -0.2) is 93.5 Å². The van der Waals surface area contributed by atoms with E-state index in [4.69, 9.17) is 26.9 Å². The molecular weight excluding hydrogens is 570 g/mol. The molecular formula is C32H48ClN5O5. The molecule has 0 radical (unpaired) electrons. The van der Waals surface area contributed by atoms with Gasteiger partial charge in [-0.2, -0.15) is 5.06 Å². The number of nitrogens with one attached hydrogen (secondary N) is 1. The van der Waals surface area contributed by atoms with E-state index in [0.717, 1.165) is 18.7 Å². The number of aliphatic hydroxyl groups excluding tert-OH is 1. The van der Waals surface area contributed by atoms with Crippen LogP contribution >= 0.6 is 11.6 Å². The molecule has 2 aromatic carbocycles. The number of nitrogens with zero attached hydrogens (tertiary/aromatic N) is 3. The van der Waals surface area contributed by atoms with E-state index in [9.17, 15) is 14.7 Å². The Morgan fingerprint density at radius 2 is 1.88 bits per heavy atom. The molecule has 1 aliphatic rings. The van der Waals surface area contributed by atoms with E-state index in [1.54, 1.807) is 13.2 Å². The third-order valence-corrected chi connectivity index (χ3v) is 8.10. The van der Waals surface area contributed by atoms with Crippen LogP contribution in [0.4, 0.5) is 5.69 Å². The predicted molar refractivity (Wildman–Crippen MR) is 171 cm³/mol. The minimum absolute atomic E-state index is 0.0104. The molecule has 0 aliphatic carbocycles. The number of halogens is 1. The number of aliphatic hydroxyl groups is 1. The van der Waals surface area contributed by atoms with Gasteiger partial charge in [0.25, 0.3) is 5.91 Å². The van der Waals surface area contributed by atoms with Gasteiger partial charge in [-0.25, -0.2) is 0 Å². The fraction of sp³-hybridized carbons (Fsp3) is 0.562. The zero-order valence-electron chi connectivity index (χ0n) is 26.7. The zero-order chi connectivity index (χ0) is 32.0. The number of anilines is 1. The van der Waals surface area contributed by atoms with Crippen molar-refractivity contribution in [2.75, 3.05) is 53.4 Å². The first kappa shape index (κ1) is 34.6. The van der Waals surface area contributed by atoms with Crippen LogP contribution in [-0.2, 0) is 16.2 Å². The number of carbonyl (C=O) groups is 2. The quantitative estimate of drug-likeness (QED) is 0.293. The van der Waals surface area contributed by atoms with E-state index in [0.29, 0.717) is 45.4 Å². The molecule has 10 nitrogen and oxygen atoms in total. The summed E-state index contributed by atoms with van der Waals surface area (Å²) in [4.78, 5) is 36.1. The lowest BCUT2D eigenvalue weighted by Gasteiger charge is -2.25. The lowest BCUT2D eigenvalue weighted by Crippen LogP contribution is -2.43. The average molecular weight is 618 g/mol. The fourth-order valence-corrected chi connectivity index (χ4v) is 6.13. The molecule has 4 atom stereocenters. The number of benzene rings is 2. The highest BCUT2D eigenvalue weighted by Gasteiger charge is 2.45. The molecule has 0 aromatic heterocycles. The Bertz CT molecular complexity index is 1260. The highest BCUT2D eigenvalue weighted by Crippen LogP contribution is 2.42. The third kappa shape index (κ3) is 8.39. The standard InChI is InChI=1S/C32H48ClN5O5/c1-9-25-27(18-39)43-38(29(25)31(34)40)16-20-10-11-26(33)28(30(20)42-8)21-13-22(15-24(14-21)37(6)7)32(41)35-23(12-19(2)3)17-36(4)5/h10-11,13-15,19,23,25,27,29,39H,9,12,16-18H2,1-8H3,(H2,34,40)(H,35,41)/t23?,25?,27-,29-/m0/s1. The molecule has 1 saturated heterocycles. The highest BCUT2D eigenvalue weighted by molar-refractivity contribution is 6.33. The van der Waals surface area contributed by atoms with E-state index in [1.165, 1.54) is 5.06 Å². The third-order valence-electron chi connectivity index (χ3n) is 7.79. The molecule has 238 valence electrons. The maximum atomic E-state index is 13.6. The maximum absolute atomic E-state index is 13.6. The first-order valence-corrected chi connectivity index (χ1v) is 15.2. The Hall–Kier alpha value is -2.89. The van der Waals surface area contributed by atoms with Crippen LogP contribution in [0.1, 0.15) is 49.5 Å². The van der Waals surface area contributed by atoms with Gasteiger partial charge in [0, 0.05) is 55.0 Å². The summed E-state index contributed by atoms with van der Waals surface area (Å²) < 4.78 is 5.92. The van der Waals surface area contributed by atoms with Gasteiger partial charge >= 0.3 is 0 Å². The van der Waals surface area contributed by atoms with Crippen molar-refractivity contribution in [2.24, 2.45) is 17.6 Å². The van der Waals surface area contributed by atoms with Gasteiger partial charge in [0.05, 0.1) is 25.3 Å². The smallest absolute Gasteiger partial charge is 0.251 e. The zero-order valence-corrected chi connectivity index (χ0v) is 27.4. The molecule has 2 aromatic rings. The summed E-state index contributed by atoms with van der Waals surface area (Å²) in [5.41, 5.74) is 9.15. The van der Waals surface area contributed by atoms with Gasteiger partial charge in [0.1, 0.15) is 17.9 Å². The summed E-state index contributed by atoms with van der Waals surface area (Å²) in [5.74, 6) is -0.0133. The van der Waals surface area contributed by atoms with Gasteiger partial charge < -0.3 is 30.7 Å². The van der Waals surface area contributed by atoms with Crippen molar-refractivity contribution in [1.82, 2.24) is 15.3 Å². The number of amides is 2. The van der Waals surface area contributed by atoms with Gasteiger partial charge in [-0.1, -0.05) is 38.4 Å². The summed E-state index contributed by atoms with van der Waals surface area (Å²) in [6.07, 6.45) is 0.935. The Balaban J connectivity index is 2.06. The van der Waals surface area contributed by atoms with E-state index in [2.05, 4.69) is 24.1 Å². The first-order valence-electron chi connectivity index (χ1n) is 14.8. The minimum atomic E-state index is -0.709. The first-order chi connectivity index (χ1) is 20.3. The number of methoxy groups -OCH3 is 1. The summed E-state index contributed by atoms with van der Waals surface area (Å²) in [6, 6.07) is 8.52. The van der Waals surface area contributed by atoms with Crippen LogP contribution in [0.25, 0.3) is 11.1 Å². The molecule has 2 amide bonds. The Morgan fingerprint density at radius 1 is 1.19 bits per heavy atom. The van der Waals surface area contributed by atoms with Crippen molar-refractivity contribution >= 4 is 29.1 Å². The number of carbonyl (C=O) groups excluding carboxylic acids is 2. The number of likely N-dealkylation sites (N-methyl/N-ethyl adjacent to an activating group) is 1. The Labute approximate surface area is 261 Å². The Kier molecular flexibility index (Phi) is 12.2. The molecule has 0 spiro atoms. The van der Waals surface area contributed by atoms with Crippen LogP contribution in [0, 0.1) is 11.8 Å². The second kappa shape index (κ2) is 15.2. The molecule has 0 saturated carbocycles. The van der Waals surface area contributed by atoms with Crippen LogP contribution in [0.15, 0.2) is 30.3 Å². The summed E-state index contributed by atoms with van der Waals surface area (Å²) >= 11 is 6.81. The highest BCUT2D eigenvalue weighted by atomic mass is 35.5. The monoisotopic (exact) mass is 617 g/mol. The number of rotatable bonds is 14. The van der Waals surface area contributed by atoms with E-state index in [1.807, 2.05) is 64.3 Å². The summed E-state index contributed by atoms with van der Waals surface area (Å²) in [6.45, 7) is 6.91. The number of hydroxylamine groups is 2. The largest absolute Gasteiger partial charge is 0.496 e. The van der Waals surface area contributed by atoms with Gasteiger partial charge in [-0.05, 0) is 62.7 Å². The molecule has 0 bridgehead atoms. The normalized spacial score (nSPS) is 19.6. The summed E-state index contributed by atoms with van der Waals surface area (Å²) in [5, 5.41) is 15.1. The molecule has 3 rings (SSSR count). The number of primary amides is 1. The topological polar surface area (TPSA) is 121 Å². The van der Waals surface area contributed by atoms with E-state index in [-0.39, 0.29) is 31.0 Å². The van der Waals surface area contributed by atoms with Gasteiger partial charge in [0.15, 0.2) is 0 Å². The average Bonchev–Trinajstić information content (AvgIpc) is 3.30. The van der Waals surface area contributed by atoms with Gasteiger partial charge in [-0.15, -0.1) is 0 Å². The molecule has 11 heteroatoms. The number of hydrogen-bond donors (Lipinski definition) is 3.